The maximum atomic E-state index is 14.3. The number of nitrogens with two attached hydrogens (primary N) is 1. The van der Waals surface area contributed by atoms with Crippen molar-refractivity contribution >= 4 is 10.9 Å². The molecule has 2 rings (SSSR count). The Kier molecular flexibility index (Phi) is 3.38. The number of fused-ring (bicyclic) bond motifs is 1. The number of rotatable bonds is 4. The molecule has 0 amide bonds. The van der Waals surface area contributed by atoms with Gasteiger partial charge in [0.15, 0.2) is 0 Å². The lowest BCUT2D eigenvalue weighted by atomic mass is 9.92. The van der Waals surface area contributed by atoms with E-state index in [0.717, 1.165) is 16.5 Å². The molecule has 17 heavy (non-hydrogen) atoms. The van der Waals surface area contributed by atoms with Crippen LogP contribution in [0.2, 0.25) is 0 Å². The molecule has 0 saturated heterocycles. The first-order chi connectivity index (χ1) is 8.18. The molecule has 1 aromatic carbocycles. The smallest absolute Gasteiger partial charge is 0.127 e. The zero-order chi connectivity index (χ0) is 12.3. The van der Waals surface area contributed by atoms with E-state index in [1.165, 1.54) is 0 Å². The number of hydrogen-bond acceptors (Lipinski definition) is 2. The first kappa shape index (κ1) is 12.0. The molecule has 0 aliphatic carbocycles. The summed E-state index contributed by atoms with van der Waals surface area (Å²) >= 11 is 0. The van der Waals surface area contributed by atoms with Crippen LogP contribution in [0, 0.1) is 0 Å². The molecule has 0 aliphatic heterocycles. The van der Waals surface area contributed by atoms with Crippen LogP contribution in [0.4, 0.5) is 4.39 Å². The lowest BCUT2D eigenvalue weighted by Gasteiger charge is -2.22. The van der Waals surface area contributed by atoms with Gasteiger partial charge in [-0.05, 0) is 24.1 Å². The largest absolute Gasteiger partial charge is 0.328 e. The van der Waals surface area contributed by atoms with E-state index >= 15 is 0 Å². The minimum atomic E-state index is -1.32. The number of benzene rings is 1. The highest BCUT2D eigenvalue weighted by Gasteiger charge is 2.26. The van der Waals surface area contributed by atoms with Crippen LogP contribution in [0.25, 0.3) is 10.9 Å². The van der Waals surface area contributed by atoms with Gasteiger partial charge in [0.1, 0.15) is 5.67 Å². The predicted octanol–water partition coefficient (Wildman–Crippen LogP) is 2.85. The molecule has 1 atom stereocenters. The minimum absolute atomic E-state index is 0.0557. The van der Waals surface area contributed by atoms with Gasteiger partial charge in [-0.3, -0.25) is 4.98 Å². The van der Waals surface area contributed by atoms with Gasteiger partial charge in [0, 0.05) is 24.5 Å². The number of hydrogen-bond donors (Lipinski definition) is 1. The van der Waals surface area contributed by atoms with Gasteiger partial charge in [-0.15, -0.1) is 0 Å². The highest BCUT2D eigenvalue weighted by molar-refractivity contribution is 5.81. The van der Waals surface area contributed by atoms with Gasteiger partial charge in [0.2, 0.25) is 0 Å². The van der Waals surface area contributed by atoms with Gasteiger partial charge in [0.25, 0.3) is 0 Å². The summed E-state index contributed by atoms with van der Waals surface area (Å²) in [4.78, 5) is 4.27. The third kappa shape index (κ3) is 2.44. The molecule has 0 radical (unpaired) electrons. The highest BCUT2D eigenvalue weighted by atomic mass is 19.1. The van der Waals surface area contributed by atoms with Crippen LogP contribution in [0.15, 0.2) is 36.5 Å². The molecule has 0 aliphatic rings. The topological polar surface area (TPSA) is 38.9 Å². The van der Waals surface area contributed by atoms with Crippen LogP contribution in [0.3, 0.4) is 0 Å². The van der Waals surface area contributed by atoms with Gasteiger partial charge in [-0.1, -0.05) is 25.1 Å². The van der Waals surface area contributed by atoms with Crippen LogP contribution in [-0.2, 0) is 6.42 Å². The summed E-state index contributed by atoms with van der Waals surface area (Å²) < 4.78 is 14.3. The fourth-order valence-electron chi connectivity index (χ4n) is 1.99. The summed E-state index contributed by atoms with van der Waals surface area (Å²) in [5, 5.41) is 1.01. The quantitative estimate of drug-likeness (QED) is 0.880. The summed E-state index contributed by atoms with van der Waals surface area (Å²) in [7, 11) is 0. The van der Waals surface area contributed by atoms with Crippen molar-refractivity contribution in [2.75, 3.05) is 6.54 Å². The van der Waals surface area contributed by atoms with Crippen molar-refractivity contribution in [1.82, 2.24) is 4.98 Å². The predicted molar refractivity (Wildman–Crippen MR) is 68.6 cm³/mol. The number of aromatic nitrogens is 1. The normalized spacial score (nSPS) is 14.8. The van der Waals surface area contributed by atoms with Gasteiger partial charge in [-0.2, -0.15) is 0 Å². The Morgan fingerprint density at radius 1 is 1.29 bits per heavy atom. The molecule has 3 heteroatoms. The van der Waals surface area contributed by atoms with E-state index in [1.807, 2.05) is 37.3 Å². The van der Waals surface area contributed by atoms with Crippen molar-refractivity contribution in [2.45, 2.75) is 25.4 Å². The SMILES string of the molecule is CCC(F)(CN)Cc1ccnc2ccccc12. The van der Waals surface area contributed by atoms with Gasteiger partial charge in [-0.25, -0.2) is 4.39 Å². The lowest BCUT2D eigenvalue weighted by molar-refractivity contribution is 0.168. The Bertz CT molecular complexity index is 501. The van der Waals surface area contributed by atoms with Crippen molar-refractivity contribution < 1.29 is 4.39 Å². The van der Waals surface area contributed by atoms with Gasteiger partial charge in [0.05, 0.1) is 5.52 Å². The van der Waals surface area contributed by atoms with Crippen LogP contribution >= 0.6 is 0 Å². The molecule has 0 bridgehead atoms. The van der Waals surface area contributed by atoms with E-state index in [9.17, 15) is 4.39 Å². The summed E-state index contributed by atoms with van der Waals surface area (Å²) in [6.45, 7) is 1.89. The average Bonchev–Trinajstić information content (AvgIpc) is 2.39. The summed E-state index contributed by atoms with van der Waals surface area (Å²) in [5.74, 6) is 0. The zero-order valence-corrected chi connectivity index (χ0v) is 9.99. The number of halogens is 1. The van der Waals surface area contributed by atoms with Gasteiger partial charge >= 0.3 is 0 Å². The highest BCUT2D eigenvalue weighted by Crippen LogP contribution is 2.25. The molecule has 2 N–H and O–H groups in total. The second-order valence-electron chi connectivity index (χ2n) is 4.37. The Balaban J connectivity index is 2.42. The average molecular weight is 232 g/mol. The van der Waals surface area contributed by atoms with Crippen molar-refractivity contribution in [2.24, 2.45) is 5.73 Å². The van der Waals surface area contributed by atoms with Crippen molar-refractivity contribution in [3.63, 3.8) is 0 Å². The molecule has 2 aromatic rings. The van der Waals surface area contributed by atoms with E-state index in [0.29, 0.717) is 12.8 Å². The van der Waals surface area contributed by atoms with Gasteiger partial charge < -0.3 is 5.73 Å². The van der Waals surface area contributed by atoms with Crippen LogP contribution in [-0.4, -0.2) is 17.2 Å². The zero-order valence-electron chi connectivity index (χ0n) is 9.99. The molecule has 1 aromatic heterocycles. The first-order valence-corrected chi connectivity index (χ1v) is 5.90. The Labute approximate surface area is 101 Å². The molecule has 0 fully saturated rings. The molecule has 2 nitrogen and oxygen atoms in total. The van der Waals surface area contributed by atoms with E-state index in [2.05, 4.69) is 4.98 Å². The van der Waals surface area contributed by atoms with Crippen molar-refractivity contribution in [3.05, 3.63) is 42.1 Å². The molecular weight excluding hydrogens is 215 g/mol. The summed E-state index contributed by atoms with van der Waals surface area (Å²) in [5.41, 5.74) is 6.08. The van der Waals surface area contributed by atoms with E-state index in [-0.39, 0.29) is 6.54 Å². The van der Waals surface area contributed by atoms with Crippen LogP contribution < -0.4 is 5.73 Å². The lowest BCUT2D eigenvalue weighted by Crippen LogP contribution is -2.34. The minimum Gasteiger partial charge on any atom is -0.328 e. The fourth-order valence-corrected chi connectivity index (χ4v) is 1.99. The first-order valence-electron chi connectivity index (χ1n) is 5.90. The standard InChI is InChI=1S/C14H17FN2/c1-2-14(15,10-16)9-11-7-8-17-13-6-4-3-5-12(11)13/h3-8H,2,9-10,16H2,1H3. The monoisotopic (exact) mass is 232 g/mol. The fraction of sp³-hybridized carbons (Fsp3) is 0.357. The Morgan fingerprint density at radius 2 is 2.06 bits per heavy atom. The number of nitrogens with zero attached hydrogens (tertiary/aromatic N) is 1. The maximum absolute atomic E-state index is 14.3. The number of alkyl halides is 1. The Hall–Kier alpha value is -1.48. The third-order valence-electron chi connectivity index (χ3n) is 3.25. The molecule has 0 saturated carbocycles. The maximum Gasteiger partial charge on any atom is 0.127 e. The van der Waals surface area contributed by atoms with E-state index < -0.39 is 5.67 Å². The molecule has 0 spiro atoms. The second-order valence-corrected chi connectivity index (χ2v) is 4.37. The summed E-state index contributed by atoms with van der Waals surface area (Å²) in [6.07, 6.45) is 2.51. The van der Waals surface area contributed by atoms with Crippen molar-refractivity contribution in [1.29, 1.82) is 0 Å². The Morgan fingerprint density at radius 3 is 2.76 bits per heavy atom. The van der Waals surface area contributed by atoms with E-state index in [1.54, 1.807) is 6.20 Å². The third-order valence-corrected chi connectivity index (χ3v) is 3.25. The van der Waals surface area contributed by atoms with Crippen LogP contribution in [0.1, 0.15) is 18.9 Å². The summed E-state index contributed by atoms with van der Waals surface area (Å²) in [6, 6.07) is 9.67. The van der Waals surface area contributed by atoms with E-state index in [4.69, 9.17) is 5.73 Å². The van der Waals surface area contributed by atoms with Crippen LogP contribution in [0.5, 0.6) is 0 Å². The number of para-hydroxylation sites is 1. The molecule has 1 heterocycles. The number of pyridine rings is 1. The van der Waals surface area contributed by atoms with Crippen molar-refractivity contribution in [3.8, 4) is 0 Å². The molecular formula is C14H17FN2. The molecule has 1 unspecified atom stereocenters. The second kappa shape index (κ2) is 4.80. The molecule has 90 valence electrons.